The van der Waals surface area contributed by atoms with Gasteiger partial charge in [-0.1, -0.05) is 18.0 Å². The van der Waals surface area contributed by atoms with Gasteiger partial charge in [-0.25, -0.2) is 4.98 Å². The number of piperidine rings is 1. The summed E-state index contributed by atoms with van der Waals surface area (Å²) in [5.74, 6) is -0.565. The lowest BCUT2D eigenvalue weighted by molar-refractivity contribution is -0.120. The average Bonchev–Trinajstić information content (AvgIpc) is 3.58. The molecule has 1 saturated carbocycles. The molecule has 0 spiro atoms. The van der Waals surface area contributed by atoms with Crippen LogP contribution in [0.2, 0.25) is 5.02 Å². The molecule has 8 nitrogen and oxygen atoms in total. The van der Waals surface area contributed by atoms with E-state index in [4.69, 9.17) is 11.6 Å². The lowest BCUT2D eigenvalue weighted by Gasteiger charge is -2.26. The average molecular weight is 504 g/mol. The summed E-state index contributed by atoms with van der Waals surface area (Å²) in [6.07, 6.45) is 5.71. The van der Waals surface area contributed by atoms with Crippen LogP contribution in [0.1, 0.15) is 48.2 Å². The van der Waals surface area contributed by atoms with Crippen LogP contribution in [0, 0.1) is 0 Å². The van der Waals surface area contributed by atoms with E-state index >= 15 is 0 Å². The Kier molecular flexibility index (Phi) is 8.53. The van der Waals surface area contributed by atoms with Gasteiger partial charge in [-0.15, -0.1) is 11.3 Å². The molecule has 2 aliphatic rings. The molecule has 2 aromatic rings. The van der Waals surface area contributed by atoms with E-state index in [0.717, 1.165) is 32.5 Å². The number of halogens is 1. The zero-order valence-electron chi connectivity index (χ0n) is 19.1. The number of thiazole rings is 1. The minimum atomic E-state index is -0.305. The van der Waals surface area contributed by atoms with Crippen LogP contribution < -0.4 is 10.6 Å². The van der Waals surface area contributed by atoms with Crippen molar-refractivity contribution in [2.45, 2.75) is 44.6 Å². The van der Waals surface area contributed by atoms with E-state index in [9.17, 15) is 14.4 Å². The van der Waals surface area contributed by atoms with E-state index in [1.807, 2.05) is 0 Å². The van der Waals surface area contributed by atoms with Crippen LogP contribution in [0.4, 0.5) is 5.13 Å². The molecule has 0 radical (unpaired) electrons. The Hall–Kier alpha value is -2.49. The zero-order chi connectivity index (χ0) is 23.9. The van der Waals surface area contributed by atoms with E-state index in [-0.39, 0.29) is 36.7 Å². The van der Waals surface area contributed by atoms with Crippen LogP contribution in [0.5, 0.6) is 0 Å². The molecule has 34 heavy (non-hydrogen) atoms. The van der Waals surface area contributed by atoms with Gasteiger partial charge in [0.2, 0.25) is 11.8 Å². The Labute approximate surface area is 208 Å². The van der Waals surface area contributed by atoms with Crippen molar-refractivity contribution in [3.63, 3.8) is 0 Å². The SMILES string of the molecule is O=C(Cc1csc(NC(=O)CN(C(=O)c2ccc(Cl)cc2)C2CC2)n1)NCCN1CCCCC1. The third-order valence-corrected chi connectivity index (χ3v) is 7.05. The smallest absolute Gasteiger partial charge is 0.254 e. The minimum Gasteiger partial charge on any atom is -0.354 e. The molecule has 1 aromatic heterocycles. The Morgan fingerprint density at radius 3 is 2.53 bits per heavy atom. The Bertz CT molecular complexity index is 1000. The molecule has 2 fully saturated rings. The molecular weight excluding hydrogens is 474 g/mol. The summed E-state index contributed by atoms with van der Waals surface area (Å²) in [6, 6.07) is 6.75. The van der Waals surface area contributed by atoms with Crippen molar-refractivity contribution >= 4 is 45.8 Å². The fourth-order valence-electron chi connectivity index (χ4n) is 4.03. The van der Waals surface area contributed by atoms with Gasteiger partial charge in [-0.05, 0) is 63.0 Å². The fourth-order valence-corrected chi connectivity index (χ4v) is 4.89. The summed E-state index contributed by atoms with van der Waals surface area (Å²) < 4.78 is 0. The molecular formula is C24H30ClN5O3S. The normalized spacial score (nSPS) is 16.1. The van der Waals surface area contributed by atoms with Gasteiger partial charge in [0.15, 0.2) is 5.13 Å². The maximum atomic E-state index is 12.9. The quantitative estimate of drug-likeness (QED) is 0.519. The molecule has 10 heteroatoms. The van der Waals surface area contributed by atoms with Crippen LogP contribution in [0.25, 0.3) is 0 Å². The summed E-state index contributed by atoms with van der Waals surface area (Å²) in [5, 5.41) is 8.47. The second kappa shape index (κ2) is 11.8. The van der Waals surface area contributed by atoms with Crippen LogP contribution >= 0.6 is 22.9 Å². The number of hydrogen-bond acceptors (Lipinski definition) is 6. The number of carbonyl (C=O) groups is 3. The number of amides is 3. The predicted molar refractivity (Wildman–Crippen MR) is 133 cm³/mol. The van der Waals surface area contributed by atoms with Gasteiger partial charge < -0.3 is 20.4 Å². The Morgan fingerprint density at radius 1 is 1.09 bits per heavy atom. The summed E-state index contributed by atoms with van der Waals surface area (Å²) in [4.78, 5) is 46.1. The van der Waals surface area contributed by atoms with Gasteiger partial charge in [0.1, 0.15) is 6.54 Å². The minimum absolute atomic E-state index is 0.0436. The monoisotopic (exact) mass is 503 g/mol. The number of aromatic nitrogens is 1. The molecule has 1 aliphatic heterocycles. The highest BCUT2D eigenvalue weighted by molar-refractivity contribution is 7.13. The highest BCUT2D eigenvalue weighted by Crippen LogP contribution is 2.28. The maximum Gasteiger partial charge on any atom is 0.254 e. The van der Waals surface area contributed by atoms with Crippen LogP contribution in [-0.2, 0) is 16.0 Å². The van der Waals surface area contributed by atoms with E-state index in [0.29, 0.717) is 28.0 Å². The first kappa shape index (κ1) is 24.6. The summed E-state index contributed by atoms with van der Waals surface area (Å²) in [7, 11) is 0. The van der Waals surface area contributed by atoms with Crippen molar-refractivity contribution in [3.8, 4) is 0 Å². The Balaban J connectivity index is 1.23. The molecule has 0 atom stereocenters. The van der Waals surface area contributed by atoms with E-state index < -0.39 is 0 Å². The zero-order valence-corrected chi connectivity index (χ0v) is 20.7. The van der Waals surface area contributed by atoms with Gasteiger partial charge in [0.05, 0.1) is 12.1 Å². The highest BCUT2D eigenvalue weighted by atomic mass is 35.5. The third kappa shape index (κ3) is 7.25. The second-order valence-electron chi connectivity index (χ2n) is 8.79. The first-order valence-corrected chi connectivity index (χ1v) is 13.0. The standard InChI is InChI=1S/C24H30ClN5O3S/c25-18-6-4-17(5-7-18)23(33)30(20-8-9-20)15-22(32)28-24-27-19(16-34-24)14-21(31)26-10-13-29-11-2-1-3-12-29/h4-7,16,20H,1-3,8-15H2,(H,26,31)(H,27,28,32). The Morgan fingerprint density at radius 2 is 1.82 bits per heavy atom. The molecule has 4 rings (SSSR count). The fraction of sp³-hybridized carbons (Fsp3) is 0.500. The largest absolute Gasteiger partial charge is 0.354 e. The van der Waals surface area contributed by atoms with Crippen molar-refractivity contribution in [1.29, 1.82) is 0 Å². The van der Waals surface area contributed by atoms with E-state index in [2.05, 4.69) is 20.5 Å². The number of nitrogens with one attached hydrogen (secondary N) is 2. The van der Waals surface area contributed by atoms with Gasteiger partial charge in [-0.3, -0.25) is 14.4 Å². The summed E-state index contributed by atoms with van der Waals surface area (Å²) >= 11 is 7.19. The molecule has 2 N–H and O–H groups in total. The first-order valence-electron chi connectivity index (χ1n) is 11.8. The van der Waals surface area contributed by atoms with Gasteiger partial charge in [-0.2, -0.15) is 0 Å². The van der Waals surface area contributed by atoms with Crippen LogP contribution in [0.3, 0.4) is 0 Å². The van der Waals surface area contributed by atoms with Gasteiger partial charge >= 0.3 is 0 Å². The van der Waals surface area contributed by atoms with Crippen LogP contribution in [0.15, 0.2) is 29.6 Å². The highest BCUT2D eigenvalue weighted by Gasteiger charge is 2.34. The second-order valence-corrected chi connectivity index (χ2v) is 10.1. The molecule has 182 valence electrons. The number of benzene rings is 1. The lowest BCUT2D eigenvalue weighted by atomic mass is 10.1. The van der Waals surface area contributed by atoms with E-state index in [1.165, 1.54) is 30.6 Å². The maximum absolute atomic E-state index is 12.9. The molecule has 1 aromatic carbocycles. The summed E-state index contributed by atoms with van der Waals surface area (Å²) in [5.41, 5.74) is 1.12. The lowest BCUT2D eigenvalue weighted by Crippen LogP contribution is -2.39. The summed E-state index contributed by atoms with van der Waals surface area (Å²) in [6.45, 7) is 3.67. The van der Waals surface area contributed by atoms with Crippen molar-refractivity contribution in [2.75, 3.05) is 38.0 Å². The molecule has 1 aliphatic carbocycles. The molecule has 3 amide bonds. The first-order chi connectivity index (χ1) is 16.5. The molecule has 0 bridgehead atoms. The predicted octanol–water partition coefficient (Wildman–Crippen LogP) is 3.18. The third-order valence-electron chi connectivity index (χ3n) is 5.99. The number of anilines is 1. The number of rotatable bonds is 10. The van der Waals surface area contributed by atoms with Crippen molar-refractivity contribution in [3.05, 3.63) is 45.9 Å². The molecule has 2 heterocycles. The number of nitrogens with zero attached hydrogens (tertiary/aromatic N) is 3. The van der Waals surface area contributed by atoms with Gasteiger partial charge in [0.25, 0.3) is 5.91 Å². The van der Waals surface area contributed by atoms with Crippen LogP contribution in [-0.4, -0.2) is 71.3 Å². The topological polar surface area (TPSA) is 94.6 Å². The van der Waals surface area contributed by atoms with E-state index in [1.54, 1.807) is 34.5 Å². The van der Waals surface area contributed by atoms with Crippen molar-refractivity contribution < 1.29 is 14.4 Å². The molecule has 0 unspecified atom stereocenters. The number of hydrogen-bond donors (Lipinski definition) is 2. The van der Waals surface area contributed by atoms with Crippen molar-refractivity contribution in [2.24, 2.45) is 0 Å². The number of likely N-dealkylation sites (tertiary alicyclic amines) is 1. The van der Waals surface area contributed by atoms with Crippen molar-refractivity contribution in [1.82, 2.24) is 20.1 Å². The molecule has 1 saturated heterocycles. The van der Waals surface area contributed by atoms with Gasteiger partial charge in [0, 0.05) is 35.1 Å². The number of carbonyl (C=O) groups excluding carboxylic acids is 3.